The molecule has 23 heavy (non-hydrogen) atoms. The lowest BCUT2D eigenvalue weighted by Gasteiger charge is -2.26. The summed E-state index contributed by atoms with van der Waals surface area (Å²) >= 11 is 0. The van der Waals surface area contributed by atoms with E-state index in [9.17, 15) is 9.18 Å². The molecule has 1 atom stereocenters. The first-order chi connectivity index (χ1) is 11.2. The largest absolute Gasteiger partial charge is 0.361 e. The van der Waals surface area contributed by atoms with E-state index in [4.69, 9.17) is 0 Å². The monoisotopic (exact) mass is 314 g/mol. The van der Waals surface area contributed by atoms with Crippen LogP contribution >= 0.6 is 0 Å². The number of halogens is 1. The number of hydrogen-bond acceptors (Lipinski definition) is 3. The fourth-order valence-electron chi connectivity index (χ4n) is 3.37. The van der Waals surface area contributed by atoms with Crippen molar-refractivity contribution >= 4 is 11.7 Å². The number of carbonyl (C=O) groups excluding carboxylic acids is 1. The first-order valence-corrected chi connectivity index (χ1v) is 8.09. The summed E-state index contributed by atoms with van der Waals surface area (Å²) in [4.78, 5) is 14.6. The van der Waals surface area contributed by atoms with Crippen molar-refractivity contribution in [1.82, 2.24) is 14.7 Å². The molecule has 120 valence electrons. The van der Waals surface area contributed by atoms with Gasteiger partial charge in [0.15, 0.2) is 0 Å². The number of likely N-dealkylation sites (tertiary alicyclic amines) is 1. The van der Waals surface area contributed by atoms with Gasteiger partial charge >= 0.3 is 0 Å². The van der Waals surface area contributed by atoms with Gasteiger partial charge in [-0.1, -0.05) is 12.1 Å². The Balaban J connectivity index is 1.54. The minimum atomic E-state index is -0.245. The Labute approximate surface area is 134 Å². The Morgan fingerprint density at radius 2 is 1.91 bits per heavy atom. The third kappa shape index (κ3) is 2.58. The number of nitrogens with one attached hydrogen (secondary N) is 1. The van der Waals surface area contributed by atoms with E-state index in [0.29, 0.717) is 12.1 Å². The highest BCUT2D eigenvalue weighted by Crippen LogP contribution is 2.32. The number of hydrogen-bond donors (Lipinski definition) is 1. The maximum Gasteiger partial charge on any atom is 0.259 e. The molecule has 2 aliphatic heterocycles. The molecule has 0 radical (unpaired) electrons. The molecule has 2 aliphatic rings. The maximum absolute atomic E-state index is 13.1. The second-order valence-corrected chi connectivity index (χ2v) is 6.19. The SMILES string of the molecule is O=C(c1cnn2c1NC(c1ccc(F)cc1)C2)N1CCCCC1. The molecule has 1 saturated heterocycles. The van der Waals surface area contributed by atoms with Crippen LogP contribution in [0, 0.1) is 5.82 Å². The first-order valence-electron chi connectivity index (χ1n) is 8.09. The molecule has 1 unspecified atom stereocenters. The first kappa shape index (κ1) is 14.2. The van der Waals surface area contributed by atoms with Crippen LogP contribution in [0.1, 0.15) is 41.2 Å². The number of nitrogens with zero attached hydrogens (tertiary/aromatic N) is 3. The van der Waals surface area contributed by atoms with Gasteiger partial charge in [0.25, 0.3) is 5.91 Å². The van der Waals surface area contributed by atoms with Crippen LogP contribution in [0.15, 0.2) is 30.5 Å². The van der Waals surface area contributed by atoms with Crippen LogP contribution in [0.4, 0.5) is 10.2 Å². The molecule has 4 rings (SSSR count). The Kier molecular flexibility index (Phi) is 3.52. The molecule has 6 heteroatoms. The molecule has 0 saturated carbocycles. The molecule has 1 aromatic carbocycles. The van der Waals surface area contributed by atoms with Gasteiger partial charge in [0.1, 0.15) is 17.2 Å². The maximum atomic E-state index is 13.1. The Morgan fingerprint density at radius 3 is 2.65 bits per heavy atom. The van der Waals surface area contributed by atoms with Gasteiger partial charge in [0.2, 0.25) is 0 Å². The average molecular weight is 314 g/mol. The number of carbonyl (C=O) groups is 1. The van der Waals surface area contributed by atoms with E-state index in [1.54, 1.807) is 18.3 Å². The van der Waals surface area contributed by atoms with E-state index in [1.807, 2.05) is 9.58 Å². The van der Waals surface area contributed by atoms with Crippen molar-refractivity contribution in [3.05, 3.63) is 47.4 Å². The van der Waals surface area contributed by atoms with Crippen LogP contribution in [0.25, 0.3) is 0 Å². The lowest BCUT2D eigenvalue weighted by atomic mass is 10.1. The van der Waals surface area contributed by atoms with Gasteiger partial charge < -0.3 is 10.2 Å². The summed E-state index contributed by atoms with van der Waals surface area (Å²) in [7, 11) is 0. The Morgan fingerprint density at radius 1 is 1.17 bits per heavy atom. The van der Waals surface area contributed by atoms with Gasteiger partial charge in [-0.3, -0.25) is 4.79 Å². The van der Waals surface area contributed by atoms with Crippen LogP contribution in [0.2, 0.25) is 0 Å². The highest BCUT2D eigenvalue weighted by molar-refractivity contribution is 5.99. The molecular weight excluding hydrogens is 295 g/mol. The molecule has 5 nitrogen and oxygen atoms in total. The van der Waals surface area contributed by atoms with Crippen molar-refractivity contribution in [2.24, 2.45) is 0 Å². The number of amides is 1. The van der Waals surface area contributed by atoms with E-state index in [1.165, 1.54) is 18.6 Å². The molecule has 0 spiro atoms. The predicted octanol–water partition coefficient (Wildman–Crippen LogP) is 2.82. The molecule has 0 bridgehead atoms. The van der Waals surface area contributed by atoms with Crippen molar-refractivity contribution in [1.29, 1.82) is 0 Å². The van der Waals surface area contributed by atoms with E-state index in [-0.39, 0.29) is 17.8 Å². The highest BCUT2D eigenvalue weighted by atomic mass is 19.1. The fraction of sp³-hybridized carbons (Fsp3) is 0.412. The lowest BCUT2D eigenvalue weighted by Crippen LogP contribution is -2.35. The zero-order chi connectivity index (χ0) is 15.8. The normalized spacial score (nSPS) is 20.2. The summed E-state index contributed by atoms with van der Waals surface area (Å²) in [6.07, 6.45) is 4.99. The quantitative estimate of drug-likeness (QED) is 0.927. The second kappa shape index (κ2) is 5.68. The van der Waals surface area contributed by atoms with E-state index in [2.05, 4.69) is 10.4 Å². The van der Waals surface area contributed by atoms with Gasteiger partial charge in [0, 0.05) is 13.1 Å². The van der Waals surface area contributed by atoms with Gasteiger partial charge in [-0.15, -0.1) is 0 Å². The third-order valence-electron chi connectivity index (χ3n) is 4.65. The highest BCUT2D eigenvalue weighted by Gasteiger charge is 2.30. The molecule has 1 N–H and O–H groups in total. The standard InChI is InChI=1S/C17H19FN4O/c18-13-6-4-12(5-7-13)15-11-22-16(20-15)14(10-19-22)17(23)21-8-2-1-3-9-21/h4-7,10,15,20H,1-3,8-9,11H2. The summed E-state index contributed by atoms with van der Waals surface area (Å²) in [5, 5.41) is 7.71. The van der Waals surface area contributed by atoms with Crippen molar-refractivity contribution in [2.45, 2.75) is 31.8 Å². The summed E-state index contributed by atoms with van der Waals surface area (Å²) in [6, 6.07) is 6.47. The van der Waals surface area contributed by atoms with Crippen molar-refractivity contribution < 1.29 is 9.18 Å². The molecule has 0 aliphatic carbocycles. The number of anilines is 1. The number of benzene rings is 1. The number of aromatic nitrogens is 2. The number of rotatable bonds is 2. The second-order valence-electron chi connectivity index (χ2n) is 6.19. The van der Waals surface area contributed by atoms with Gasteiger partial charge in [-0.25, -0.2) is 9.07 Å². The molecule has 1 amide bonds. The van der Waals surface area contributed by atoms with Crippen LogP contribution < -0.4 is 5.32 Å². The predicted molar refractivity (Wildman–Crippen MR) is 84.7 cm³/mol. The summed E-state index contributed by atoms with van der Waals surface area (Å²) in [6.45, 7) is 2.30. The van der Waals surface area contributed by atoms with E-state index in [0.717, 1.165) is 37.3 Å². The molecular formula is C17H19FN4O. The zero-order valence-electron chi connectivity index (χ0n) is 12.8. The molecule has 2 aromatic rings. The van der Waals surface area contributed by atoms with Crippen molar-refractivity contribution in [2.75, 3.05) is 18.4 Å². The van der Waals surface area contributed by atoms with Gasteiger partial charge in [0.05, 0.1) is 18.8 Å². The molecule has 1 aromatic heterocycles. The molecule has 3 heterocycles. The van der Waals surface area contributed by atoms with Crippen molar-refractivity contribution in [3.63, 3.8) is 0 Å². The summed E-state index contributed by atoms with van der Waals surface area (Å²) in [5.41, 5.74) is 1.63. The topological polar surface area (TPSA) is 50.2 Å². The van der Waals surface area contributed by atoms with E-state index < -0.39 is 0 Å². The van der Waals surface area contributed by atoms with Crippen LogP contribution in [0.3, 0.4) is 0 Å². The minimum Gasteiger partial charge on any atom is -0.361 e. The van der Waals surface area contributed by atoms with Gasteiger partial charge in [-0.2, -0.15) is 5.10 Å². The van der Waals surface area contributed by atoms with Crippen LogP contribution in [-0.4, -0.2) is 33.7 Å². The summed E-state index contributed by atoms with van der Waals surface area (Å²) < 4.78 is 14.9. The molecule has 1 fully saturated rings. The van der Waals surface area contributed by atoms with Gasteiger partial charge in [-0.05, 0) is 37.0 Å². The van der Waals surface area contributed by atoms with Crippen LogP contribution in [-0.2, 0) is 6.54 Å². The smallest absolute Gasteiger partial charge is 0.259 e. The third-order valence-corrected chi connectivity index (χ3v) is 4.65. The summed E-state index contributed by atoms with van der Waals surface area (Å²) in [5.74, 6) is 0.582. The minimum absolute atomic E-state index is 0.0206. The van der Waals surface area contributed by atoms with Crippen molar-refractivity contribution in [3.8, 4) is 0 Å². The zero-order valence-corrected chi connectivity index (χ0v) is 12.8. The Bertz CT molecular complexity index is 719. The number of piperidine rings is 1. The van der Waals surface area contributed by atoms with E-state index >= 15 is 0 Å². The number of fused-ring (bicyclic) bond motifs is 1. The van der Waals surface area contributed by atoms with Crippen LogP contribution in [0.5, 0.6) is 0 Å². The fourth-order valence-corrected chi connectivity index (χ4v) is 3.37. The average Bonchev–Trinajstić information content (AvgIpc) is 3.16. The lowest BCUT2D eigenvalue weighted by molar-refractivity contribution is 0.0725. The Hall–Kier alpha value is -2.37.